The van der Waals surface area contributed by atoms with Gasteiger partial charge in [0.1, 0.15) is 0 Å². The van der Waals surface area contributed by atoms with Gasteiger partial charge in [0.05, 0.1) is 5.69 Å². The molecule has 0 radical (unpaired) electrons. The molecule has 0 spiro atoms. The zero-order valence-corrected chi connectivity index (χ0v) is 12.2. The van der Waals surface area contributed by atoms with Crippen LogP contribution in [0.1, 0.15) is 22.7 Å². The summed E-state index contributed by atoms with van der Waals surface area (Å²) in [5.74, 6) is 0. The van der Waals surface area contributed by atoms with E-state index in [9.17, 15) is 0 Å². The molecule has 3 aromatic rings. The molecule has 1 aromatic carbocycles. The van der Waals surface area contributed by atoms with E-state index in [1.807, 2.05) is 35.6 Å². The Morgan fingerprint density at radius 1 is 1.21 bits per heavy atom. The van der Waals surface area contributed by atoms with Crippen LogP contribution in [0.15, 0.2) is 24.3 Å². The largest absolute Gasteiger partial charge is 0.291 e. The predicted octanol–water partition coefficient (Wildman–Crippen LogP) is 4.51. The Kier molecular flexibility index (Phi) is 2.47. The first-order valence-electron chi connectivity index (χ1n) is 6.49. The van der Waals surface area contributed by atoms with E-state index in [1.165, 1.54) is 35.5 Å². The number of halogens is 1. The van der Waals surface area contributed by atoms with Crippen LogP contribution in [0.25, 0.3) is 16.2 Å². The minimum absolute atomic E-state index is 0.767. The van der Waals surface area contributed by atoms with Crippen LogP contribution in [-0.2, 0) is 12.8 Å². The third-order valence-electron chi connectivity index (χ3n) is 3.82. The number of fused-ring (bicyclic) bond motifs is 3. The van der Waals surface area contributed by atoms with Crippen LogP contribution < -0.4 is 0 Å². The normalized spacial score (nSPS) is 14.2. The van der Waals surface area contributed by atoms with Crippen LogP contribution in [0.4, 0.5) is 0 Å². The molecular weight excluding hydrogens is 276 g/mol. The summed E-state index contributed by atoms with van der Waals surface area (Å²) in [5, 5.41) is 0.767. The first-order chi connectivity index (χ1) is 9.24. The van der Waals surface area contributed by atoms with Crippen molar-refractivity contribution in [2.24, 2.45) is 0 Å². The van der Waals surface area contributed by atoms with Gasteiger partial charge in [-0.25, -0.2) is 4.98 Å². The Morgan fingerprint density at radius 3 is 2.79 bits per heavy atom. The van der Waals surface area contributed by atoms with Crippen molar-refractivity contribution in [3.05, 3.63) is 45.6 Å². The molecule has 2 nitrogen and oxygen atoms in total. The lowest BCUT2D eigenvalue weighted by Gasteiger charge is -2.01. The van der Waals surface area contributed by atoms with Crippen LogP contribution >= 0.6 is 22.9 Å². The topological polar surface area (TPSA) is 17.3 Å². The summed E-state index contributed by atoms with van der Waals surface area (Å²) in [6, 6.07) is 7.94. The smallest absolute Gasteiger partial charge is 0.194 e. The minimum Gasteiger partial charge on any atom is -0.291 e. The molecule has 1 aliphatic carbocycles. The standard InChI is InChI=1S/C15H13ClN2S/c1-9-14(10-5-7-11(16)8-6-10)17-15-18(9)12-3-2-4-13(12)19-15/h5-8H,2-4H2,1H3. The van der Waals surface area contributed by atoms with Gasteiger partial charge < -0.3 is 0 Å². The third kappa shape index (κ3) is 1.65. The molecule has 19 heavy (non-hydrogen) atoms. The average molecular weight is 289 g/mol. The highest BCUT2D eigenvalue weighted by atomic mass is 35.5. The van der Waals surface area contributed by atoms with Crippen molar-refractivity contribution in [3.8, 4) is 11.3 Å². The Labute approximate surface area is 120 Å². The lowest BCUT2D eigenvalue weighted by atomic mass is 10.1. The third-order valence-corrected chi connectivity index (χ3v) is 5.21. The Hall–Kier alpha value is -1.32. The molecule has 0 amide bonds. The first kappa shape index (κ1) is 11.5. The molecule has 0 saturated heterocycles. The minimum atomic E-state index is 0.767. The second kappa shape index (κ2) is 4.09. The van der Waals surface area contributed by atoms with Gasteiger partial charge in [-0.05, 0) is 38.3 Å². The van der Waals surface area contributed by atoms with Gasteiger partial charge in [-0.1, -0.05) is 23.7 Å². The highest BCUT2D eigenvalue weighted by Gasteiger charge is 2.22. The van der Waals surface area contributed by atoms with Gasteiger partial charge in [0.15, 0.2) is 4.96 Å². The number of hydrogen-bond donors (Lipinski definition) is 0. The van der Waals surface area contributed by atoms with Crippen LogP contribution in [0.2, 0.25) is 5.02 Å². The van der Waals surface area contributed by atoms with Gasteiger partial charge in [-0.15, -0.1) is 11.3 Å². The maximum atomic E-state index is 5.95. The second-order valence-corrected chi connectivity index (χ2v) is 6.49. The quantitative estimate of drug-likeness (QED) is 0.644. The number of aromatic nitrogens is 2. The molecule has 4 rings (SSSR count). The molecular formula is C15H13ClN2S. The summed E-state index contributed by atoms with van der Waals surface area (Å²) in [7, 11) is 0. The van der Waals surface area contributed by atoms with E-state index in [0.717, 1.165) is 21.2 Å². The van der Waals surface area contributed by atoms with Crippen molar-refractivity contribution in [2.45, 2.75) is 26.2 Å². The molecule has 0 aliphatic heterocycles. The maximum Gasteiger partial charge on any atom is 0.194 e. The number of thiazole rings is 1. The summed E-state index contributed by atoms with van der Waals surface area (Å²) < 4.78 is 2.34. The van der Waals surface area contributed by atoms with E-state index in [2.05, 4.69) is 11.3 Å². The highest BCUT2D eigenvalue weighted by Crippen LogP contribution is 2.35. The molecule has 0 saturated carbocycles. The average Bonchev–Trinajstić information content (AvgIpc) is 3.03. The van der Waals surface area contributed by atoms with Crippen LogP contribution in [0.3, 0.4) is 0 Å². The van der Waals surface area contributed by atoms with E-state index in [1.54, 1.807) is 0 Å². The number of benzene rings is 1. The number of aryl methyl sites for hydroxylation is 3. The second-order valence-electron chi connectivity index (χ2n) is 5.00. The fourth-order valence-corrected chi connectivity index (χ4v) is 4.28. The van der Waals surface area contributed by atoms with Crippen molar-refractivity contribution in [1.82, 2.24) is 9.38 Å². The van der Waals surface area contributed by atoms with E-state index in [-0.39, 0.29) is 0 Å². The number of hydrogen-bond acceptors (Lipinski definition) is 2. The van der Waals surface area contributed by atoms with Gasteiger partial charge in [0.2, 0.25) is 0 Å². The zero-order chi connectivity index (χ0) is 13.0. The van der Waals surface area contributed by atoms with Gasteiger partial charge >= 0.3 is 0 Å². The molecule has 4 heteroatoms. The monoisotopic (exact) mass is 288 g/mol. The van der Waals surface area contributed by atoms with Crippen LogP contribution in [0.5, 0.6) is 0 Å². The lowest BCUT2D eigenvalue weighted by molar-refractivity contribution is 0.882. The zero-order valence-electron chi connectivity index (χ0n) is 10.6. The molecule has 0 N–H and O–H groups in total. The van der Waals surface area contributed by atoms with Gasteiger partial charge in [-0.2, -0.15) is 0 Å². The summed E-state index contributed by atoms with van der Waals surface area (Å²) in [6.07, 6.45) is 3.69. The molecule has 96 valence electrons. The highest BCUT2D eigenvalue weighted by molar-refractivity contribution is 7.17. The summed E-state index contributed by atoms with van der Waals surface area (Å²) >= 11 is 7.79. The predicted molar refractivity (Wildman–Crippen MR) is 80.3 cm³/mol. The summed E-state index contributed by atoms with van der Waals surface area (Å²) in [6.45, 7) is 2.16. The van der Waals surface area contributed by atoms with E-state index in [4.69, 9.17) is 16.6 Å². The van der Waals surface area contributed by atoms with Crippen molar-refractivity contribution >= 4 is 27.9 Å². The van der Waals surface area contributed by atoms with Gasteiger partial charge in [0, 0.05) is 26.9 Å². The van der Waals surface area contributed by atoms with Crippen molar-refractivity contribution in [2.75, 3.05) is 0 Å². The SMILES string of the molecule is Cc1c(-c2ccc(Cl)cc2)nc2sc3c(n12)CCC3. The number of nitrogens with zero attached hydrogens (tertiary/aromatic N) is 2. The fraction of sp³-hybridized carbons (Fsp3) is 0.267. The molecule has 2 heterocycles. The number of rotatable bonds is 1. The van der Waals surface area contributed by atoms with Crippen molar-refractivity contribution in [3.63, 3.8) is 0 Å². The maximum absolute atomic E-state index is 5.95. The van der Waals surface area contributed by atoms with Crippen molar-refractivity contribution in [1.29, 1.82) is 0 Å². The van der Waals surface area contributed by atoms with Gasteiger partial charge in [-0.3, -0.25) is 4.40 Å². The first-order valence-corrected chi connectivity index (χ1v) is 7.69. The Bertz CT molecular complexity index is 768. The number of imidazole rings is 1. The van der Waals surface area contributed by atoms with E-state index >= 15 is 0 Å². The Morgan fingerprint density at radius 2 is 2.00 bits per heavy atom. The lowest BCUT2D eigenvalue weighted by Crippen LogP contribution is -1.91. The molecule has 0 bridgehead atoms. The van der Waals surface area contributed by atoms with Crippen LogP contribution in [-0.4, -0.2) is 9.38 Å². The molecule has 0 atom stereocenters. The summed E-state index contributed by atoms with van der Waals surface area (Å²) in [5.41, 5.74) is 4.95. The van der Waals surface area contributed by atoms with E-state index < -0.39 is 0 Å². The van der Waals surface area contributed by atoms with Crippen molar-refractivity contribution < 1.29 is 0 Å². The molecule has 2 aromatic heterocycles. The molecule has 0 fully saturated rings. The van der Waals surface area contributed by atoms with Crippen LogP contribution in [0, 0.1) is 6.92 Å². The molecule has 1 aliphatic rings. The Balaban J connectivity index is 1.94. The molecule has 0 unspecified atom stereocenters. The summed E-state index contributed by atoms with van der Waals surface area (Å²) in [4.78, 5) is 7.47. The fourth-order valence-electron chi connectivity index (χ4n) is 2.90. The van der Waals surface area contributed by atoms with Gasteiger partial charge in [0.25, 0.3) is 0 Å². The van der Waals surface area contributed by atoms with E-state index in [0.29, 0.717) is 0 Å².